The van der Waals surface area contributed by atoms with Crippen LogP contribution in [-0.2, 0) is 0 Å². The number of rotatable bonds is 3. The summed E-state index contributed by atoms with van der Waals surface area (Å²) in [5, 5.41) is 4.30. The minimum atomic E-state index is -0.390. The molecule has 0 unspecified atom stereocenters. The zero-order chi connectivity index (χ0) is 14.1. The SMILES string of the molecule is Fc1cc(NC2CC(c3ccccc3Cl)C2)ccc1Cl. The molecule has 0 amide bonds. The Labute approximate surface area is 127 Å². The fraction of sp³-hybridized carbons (Fsp3) is 0.250. The van der Waals surface area contributed by atoms with Crippen LogP contribution in [0.4, 0.5) is 10.1 Å². The minimum Gasteiger partial charge on any atom is -0.382 e. The maximum Gasteiger partial charge on any atom is 0.143 e. The van der Waals surface area contributed by atoms with Crippen molar-refractivity contribution in [3.63, 3.8) is 0 Å². The highest BCUT2D eigenvalue weighted by molar-refractivity contribution is 6.31. The Kier molecular flexibility index (Phi) is 3.86. The van der Waals surface area contributed by atoms with Gasteiger partial charge in [-0.2, -0.15) is 0 Å². The number of hydrogen-bond acceptors (Lipinski definition) is 1. The molecule has 0 heterocycles. The Bertz CT molecular complexity index is 624. The van der Waals surface area contributed by atoms with E-state index in [0.717, 1.165) is 23.6 Å². The standard InChI is InChI=1S/C16H14Cl2FN/c17-14-4-2-1-3-13(14)10-7-12(8-10)20-11-5-6-15(18)16(19)9-11/h1-6,9-10,12,20H,7-8H2. The third kappa shape index (κ3) is 2.77. The molecule has 0 spiro atoms. The van der Waals surface area contributed by atoms with Crippen molar-refractivity contribution in [2.75, 3.05) is 5.32 Å². The minimum absolute atomic E-state index is 0.151. The van der Waals surface area contributed by atoms with Crippen molar-refractivity contribution < 1.29 is 4.39 Å². The first-order valence-electron chi connectivity index (χ1n) is 6.59. The molecule has 1 fully saturated rings. The van der Waals surface area contributed by atoms with E-state index in [1.807, 2.05) is 18.2 Å². The molecule has 1 saturated carbocycles. The average molecular weight is 310 g/mol. The van der Waals surface area contributed by atoms with Crippen LogP contribution in [0.15, 0.2) is 42.5 Å². The van der Waals surface area contributed by atoms with E-state index in [1.165, 1.54) is 11.6 Å². The van der Waals surface area contributed by atoms with E-state index in [0.29, 0.717) is 12.0 Å². The summed E-state index contributed by atoms with van der Waals surface area (Å²) in [6.07, 6.45) is 2.02. The number of nitrogens with one attached hydrogen (secondary N) is 1. The van der Waals surface area contributed by atoms with Gasteiger partial charge in [-0.25, -0.2) is 4.39 Å². The van der Waals surface area contributed by atoms with E-state index in [2.05, 4.69) is 11.4 Å². The lowest BCUT2D eigenvalue weighted by Gasteiger charge is -2.37. The third-order valence-electron chi connectivity index (χ3n) is 3.77. The fourth-order valence-corrected chi connectivity index (χ4v) is 3.03. The highest BCUT2D eigenvalue weighted by Crippen LogP contribution is 2.41. The summed E-state index contributed by atoms with van der Waals surface area (Å²) >= 11 is 11.9. The van der Waals surface area contributed by atoms with Crippen molar-refractivity contribution in [3.8, 4) is 0 Å². The lowest BCUT2D eigenvalue weighted by molar-refractivity contribution is 0.374. The molecule has 0 saturated heterocycles. The number of halogens is 3. The molecular formula is C16H14Cl2FN. The Morgan fingerprint density at radius 1 is 1.00 bits per heavy atom. The first-order valence-corrected chi connectivity index (χ1v) is 7.35. The zero-order valence-corrected chi connectivity index (χ0v) is 12.3. The second-order valence-corrected chi connectivity index (χ2v) is 5.97. The van der Waals surface area contributed by atoms with E-state index in [4.69, 9.17) is 23.2 Å². The van der Waals surface area contributed by atoms with E-state index in [-0.39, 0.29) is 5.02 Å². The lowest BCUT2D eigenvalue weighted by Crippen LogP contribution is -2.34. The molecule has 0 aliphatic heterocycles. The Morgan fingerprint density at radius 2 is 1.75 bits per heavy atom. The van der Waals surface area contributed by atoms with E-state index >= 15 is 0 Å². The molecule has 104 valence electrons. The van der Waals surface area contributed by atoms with Gasteiger partial charge in [-0.3, -0.25) is 0 Å². The molecule has 0 atom stereocenters. The van der Waals surface area contributed by atoms with Gasteiger partial charge in [0.05, 0.1) is 5.02 Å². The number of anilines is 1. The monoisotopic (exact) mass is 309 g/mol. The third-order valence-corrected chi connectivity index (χ3v) is 4.42. The van der Waals surface area contributed by atoms with Gasteiger partial charge >= 0.3 is 0 Å². The summed E-state index contributed by atoms with van der Waals surface area (Å²) in [6, 6.07) is 13.1. The van der Waals surface area contributed by atoms with Crippen LogP contribution in [-0.4, -0.2) is 6.04 Å². The quantitative estimate of drug-likeness (QED) is 0.790. The van der Waals surface area contributed by atoms with Gasteiger partial charge in [-0.05, 0) is 48.6 Å². The van der Waals surface area contributed by atoms with Gasteiger partial charge in [0.1, 0.15) is 5.82 Å². The molecule has 2 aromatic rings. The van der Waals surface area contributed by atoms with Crippen molar-refractivity contribution in [3.05, 3.63) is 63.9 Å². The molecule has 1 nitrogen and oxygen atoms in total. The molecule has 0 aromatic heterocycles. The van der Waals surface area contributed by atoms with Crippen molar-refractivity contribution in [1.29, 1.82) is 0 Å². The van der Waals surface area contributed by atoms with Crippen LogP contribution in [0.3, 0.4) is 0 Å². The van der Waals surface area contributed by atoms with Gasteiger partial charge in [0.15, 0.2) is 0 Å². The van der Waals surface area contributed by atoms with Crippen molar-refractivity contribution >= 4 is 28.9 Å². The van der Waals surface area contributed by atoms with Crippen LogP contribution in [0.5, 0.6) is 0 Å². The highest BCUT2D eigenvalue weighted by Gasteiger charge is 2.31. The molecular weight excluding hydrogens is 296 g/mol. The highest BCUT2D eigenvalue weighted by atomic mass is 35.5. The Hall–Kier alpha value is -1.25. The normalized spacial score (nSPS) is 21.4. The molecule has 4 heteroatoms. The van der Waals surface area contributed by atoms with Crippen molar-refractivity contribution in [1.82, 2.24) is 0 Å². The van der Waals surface area contributed by atoms with Gasteiger partial charge in [0.2, 0.25) is 0 Å². The van der Waals surface area contributed by atoms with Crippen LogP contribution in [0.1, 0.15) is 24.3 Å². The first kappa shape index (κ1) is 13.7. The molecule has 2 aromatic carbocycles. The predicted octanol–water partition coefficient (Wildman–Crippen LogP) is 5.49. The molecule has 1 N–H and O–H groups in total. The van der Waals surface area contributed by atoms with Crippen LogP contribution in [0.25, 0.3) is 0 Å². The summed E-state index contributed by atoms with van der Waals surface area (Å²) in [4.78, 5) is 0. The summed E-state index contributed by atoms with van der Waals surface area (Å²) in [6.45, 7) is 0. The average Bonchev–Trinajstić information content (AvgIpc) is 2.39. The second kappa shape index (κ2) is 5.63. The topological polar surface area (TPSA) is 12.0 Å². The summed E-state index contributed by atoms with van der Waals surface area (Å²) in [5.74, 6) is 0.0944. The van der Waals surface area contributed by atoms with E-state index in [9.17, 15) is 4.39 Å². The molecule has 1 aliphatic carbocycles. The Morgan fingerprint density at radius 3 is 2.45 bits per heavy atom. The summed E-state index contributed by atoms with van der Waals surface area (Å²) < 4.78 is 13.4. The van der Waals surface area contributed by atoms with E-state index in [1.54, 1.807) is 12.1 Å². The van der Waals surface area contributed by atoms with Crippen molar-refractivity contribution in [2.24, 2.45) is 0 Å². The van der Waals surface area contributed by atoms with Gasteiger partial charge in [-0.15, -0.1) is 0 Å². The van der Waals surface area contributed by atoms with Gasteiger partial charge in [-0.1, -0.05) is 41.4 Å². The van der Waals surface area contributed by atoms with Crippen LogP contribution < -0.4 is 5.32 Å². The molecule has 0 radical (unpaired) electrons. The number of hydrogen-bond donors (Lipinski definition) is 1. The maximum absolute atomic E-state index is 13.4. The zero-order valence-electron chi connectivity index (χ0n) is 10.7. The molecule has 20 heavy (non-hydrogen) atoms. The van der Waals surface area contributed by atoms with Crippen LogP contribution >= 0.6 is 23.2 Å². The summed E-state index contributed by atoms with van der Waals surface area (Å²) in [5.41, 5.74) is 1.98. The van der Waals surface area contributed by atoms with Gasteiger partial charge < -0.3 is 5.32 Å². The largest absolute Gasteiger partial charge is 0.382 e. The van der Waals surface area contributed by atoms with Crippen LogP contribution in [0.2, 0.25) is 10.0 Å². The summed E-state index contributed by atoms with van der Waals surface area (Å²) in [7, 11) is 0. The number of benzene rings is 2. The fourth-order valence-electron chi connectivity index (χ4n) is 2.62. The molecule has 0 bridgehead atoms. The first-order chi connectivity index (χ1) is 9.63. The predicted molar refractivity (Wildman–Crippen MR) is 82.2 cm³/mol. The lowest BCUT2D eigenvalue weighted by atomic mass is 9.76. The molecule has 1 aliphatic rings. The smallest absolute Gasteiger partial charge is 0.143 e. The van der Waals surface area contributed by atoms with Gasteiger partial charge in [0, 0.05) is 16.8 Å². The Balaban J connectivity index is 1.61. The maximum atomic E-state index is 13.4. The van der Waals surface area contributed by atoms with Crippen molar-refractivity contribution in [2.45, 2.75) is 24.8 Å². The van der Waals surface area contributed by atoms with Crippen LogP contribution in [0, 0.1) is 5.82 Å². The molecule has 3 rings (SSSR count). The second-order valence-electron chi connectivity index (χ2n) is 5.16. The van der Waals surface area contributed by atoms with Gasteiger partial charge in [0.25, 0.3) is 0 Å². The van der Waals surface area contributed by atoms with E-state index < -0.39 is 5.82 Å².